The third-order valence-corrected chi connectivity index (χ3v) is 4.73. The van der Waals surface area contributed by atoms with E-state index >= 15 is 0 Å². The Morgan fingerprint density at radius 2 is 1.91 bits per heavy atom. The summed E-state index contributed by atoms with van der Waals surface area (Å²) in [5.74, 6) is -1.28. The molecule has 0 aliphatic heterocycles. The van der Waals surface area contributed by atoms with Gasteiger partial charge in [-0.25, -0.2) is 8.42 Å². The second-order valence-electron chi connectivity index (χ2n) is 4.93. The van der Waals surface area contributed by atoms with Crippen molar-refractivity contribution in [3.63, 3.8) is 0 Å². The van der Waals surface area contributed by atoms with Crippen molar-refractivity contribution in [2.45, 2.75) is 4.90 Å². The standard InChI is InChI=1S/C15H13N3O4S/c16-15(20)12-8-11(2-4-14(12)19)23(21,22)18-10-1-3-13-9(7-10)5-6-17-13/h1-8,17-19H,(H2,16,20). The van der Waals surface area contributed by atoms with Crippen LogP contribution in [-0.4, -0.2) is 24.4 Å². The van der Waals surface area contributed by atoms with Crippen LogP contribution in [0.2, 0.25) is 0 Å². The average molecular weight is 331 g/mol. The maximum Gasteiger partial charge on any atom is 0.261 e. The number of aromatic nitrogens is 1. The van der Waals surface area contributed by atoms with E-state index in [1.807, 2.05) is 6.07 Å². The maximum absolute atomic E-state index is 12.4. The Balaban J connectivity index is 1.98. The van der Waals surface area contributed by atoms with Gasteiger partial charge in [0.15, 0.2) is 0 Å². The van der Waals surface area contributed by atoms with Crippen molar-refractivity contribution >= 4 is 32.5 Å². The van der Waals surface area contributed by atoms with Crippen molar-refractivity contribution in [2.24, 2.45) is 5.73 Å². The zero-order chi connectivity index (χ0) is 16.6. The second kappa shape index (κ2) is 5.33. The van der Waals surface area contributed by atoms with Crippen LogP contribution in [0.25, 0.3) is 10.9 Å². The lowest BCUT2D eigenvalue weighted by molar-refractivity contribution is 0.0997. The van der Waals surface area contributed by atoms with Gasteiger partial charge in [0.05, 0.1) is 10.5 Å². The Hall–Kier alpha value is -3.00. The lowest BCUT2D eigenvalue weighted by atomic mass is 10.2. The highest BCUT2D eigenvalue weighted by atomic mass is 32.2. The SMILES string of the molecule is NC(=O)c1cc(S(=O)(=O)Nc2ccc3[nH]ccc3c2)ccc1O. The van der Waals surface area contributed by atoms with Crippen LogP contribution in [-0.2, 0) is 10.0 Å². The van der Waals surface area contributed by atoms with Crippen molar-refractivity contribution in [3.8, 4) is 5.75 Å². The number of rotatable bonds is 4. The molecular weight excluding hydrogens is 318 g/mol. The van der Waals surface area contributed by atoms with E-state index in [0.717, 1.165) is 23.0 Å². The smallest absolute Gasteiger partial charge is 0.261 e. The summed E-state index contributed by atoms with van der Waals surface area (Å²) in [6.45, 7) is 0. The zero-order valence-corrected chi connectivity index (χ0v) is 12.6. The number of nitrogens with one attached hydrogen (secondary N) is 2. The minimum absolute atomic E-state index is 0.168. The number of nitrogens with two attached hydrogens (primary N) is 1. The Kier molecular flexibility index (Phi) is 3.45. The van der Waals surface area contributed by atoms with Gasteiger partial charge in [-0.2, -0.15) is 0 Å². The molecule has 8 heteroatoms. The van der Waals surface area contributed by atoms with E-state index < -0.39 is 15.9 Å². The number of aromatic amines is 1. The van der Waals surface area contributed by atoms with E-state index in [-0.39, 0.29) is 16.2 Å². The lowest BCUT2D eigenvalue weighted by Gasteiger charge is -2.10. The molecule has 0 saturated heterocycles. The Bertz CT molecular complexity index is 1010. The summed E-state index contributed by atoms with van der Waals surface area (Å²) >= 11 is 0. The molecule has 1 amide bonds. The van der Waals surface area contributed by atoms with Crippen molar-refractivity contribution in [1.82, 2.24) is 4.98 Å². The number of fused-ring (bicyclic) bond motifs is 1. The number of primary amides is 1. The van der Waals surface area contributed by atoms with Crippen LogP contribution in [0.3, 0.4) is 0 Å². The molecular formula is C15H13N3O4S. The number of amides is 1. The van der Waals surface area contributed by atoms with Crippen LogP contribution in [0.5, 0.6) is 5.75 Å². The summed E-state index contributed by atoms with van der Waals surface area (Å²) in [6.07, 6.45) is 1.75. The largest absolute Gasteiger partial charge is 0.507 e. The first-order valence-electron chi connectivity index (χ1n) is 6.59. The zero-order valence-electron chi connectivity index (χ0n) is 11.8. The van der Waals surface area contributed by atoms with Gasteiger partial charge in [0.2, 0.25) is 0 Å². The van der Waals surface area contributed by atoms with Gasteiger partial charge in [-0.15, -0.1) is 0 Å². The quantitative estimate of drug-likeness (QED) is 0.581. The van der Waals surface area contributed by atoms with Crippen LogP contribution >= 0.6 is 0 Å². The van der Waals surface area contributed by atoms with E-state index in [2.05, 4.69) is 9.71 Å². The number of anilines is 1. The summed E-state index contributed by atoms with van der Waals surface area (Å²) in [5.41, 5.74) is 6.12. The first-order chi connectivity index (χ1) is 10.9. The highest BCUT2D eigenvalue weighted by Gasteiger charge is 2.18. The first-order valence-corrected chi connectivity index (χ1v) is 8.08. The summed E-state index contributed by atoms with van der Waals surface area (Å²) in [4.78, 5) is 14.1. The van der Waals surface area contributed by atoms with E-state index in [0.29, 0.717) is 5.69 Å². The molecule has 0 aliphatic rings. The van der Waals surface area contributed by atoms with Crippen molar-refractivity contribution in [3.05, 3.63) is 54.2 Å². The van der Waals surface area contributed by atoms with Crippen molar-refractivity contribution in [1.29, 1.82) is 0 Å². The fraction of sp³-hybridized carbons (Fsp3) is 0. The molecule has 7 nitrogen and oxygen atoms in total. The maximum atomic E-state index is 12.4. The number of carbonyl (C=O) groups excluding carboxylic acids is 1. The Morgan fingerprint density at radius 1 is 1.13 bits per heavy atom. The molecule has 1 aromatic heterocycles. The third kappa shape index (κ3) is 2.84. The molecule has 1 heterocycles. The molecule has 0 aliphatic carbocycles. The summed E-state index contributed by atoms with van der Waals surface area (Å²) < 4.78 is 27.2. The number of carbonyl (C=O) groups is 1. The molecule has 0 saturated carbocycles. The van der Waals surface area contributed by atoms with Crippen LogP contribution < -0.4 is 10.5 Å². The Labute approximate surface area is 131 Å². The predicted molar refractivity (Wildman–Crippen MR) is 85.7 cm³/mol. The second-order valence-corrected chi connectivity index (χ2v) is 6.61. The topological polar surface area (TPSA) is 125 Å². The molecule has 0 unspecified atom stereocenters. The number of aromatic hydroxyl groups is 1. The summed E-state index contributed by atoms with van der Waals surface area (Å²) in [5, 5.41) is 10.4. The van der Waals surface area contributed by atoms with Crippen LogP contribution in [0.15, 0.2) is 53.6 Å². The normalized spacial score (nSPS) is 11.5. The third-order valence-electron chi connectivity index (χ3n) is 3.35. The van der Waals surface area contributed by atoms with Gasteiger partial charge < -0.3 is 15.8 Å². The van der Waals surface area contributed by atoms with E-state index in [4.69, 9.17) is 5.73 Å². The number of sulfonamides is 1. The number of H-pyrrole nitrogens is 1. The minimum Gasteiger partial charge on any atom is -0.507 e. The molecule has 118 valence electrons. The lowest BCUT2D eigenvalue weighted by Crippen LogP contribution is -2.16. The molecule has 23 heavy (non-hydrogen) atoms. The molecule has 0 atom stereocenters. The Morgan fingerprint density at radius 3 is 2.65 bits per heavy atom. The summed E-state index contributed by atoms with van der Waals surface area (Å²) in [7, 11) is -3.92. The van der Waals surface area contributed by atoms with Gasteiger partial charge in [-0.1, -0.05) is 0 Å². The van der Waals surface area contributed by atoms with Crippen LogP contribution in [0, 0.1) is 0 Å². The van der Waals surface area contributed by atoms with Gasteiger partial charge in [0.1, 0.15) is 5.75 Å². The molecule has 0 fully saturated rings. The van der Waals surface area contributed by atoms with Gasteiger partial charge in [-0.05, 0) is 42.5 Å². The van der Waals surface area contributed by atoms with Crippen LogP contribution in [0.1, 0.15) is 10.4 Å². The van der Waals surface area contributed by atoms with Gasteiger partial charge in [0, 0.05) is 22.8 Å². The van der Waals surface area contributed by atoms with E-state index in [9.17, 15) is 18.3 Å². The number of benzene rings is 2. The van der Waals surface area contributed by atoms with E-state index in [1.165, 1.54) is 6.07 Å². The summed E-state index contributed by atoms with van der Waals surface area (Å²) in [6, 6.07) is 10.2. The molecule has 5 N–H and O–H groups in total. The number of hydrogen-bond donors (Lipinski definition) is 4. The van der Waals surface area contributed by atoms with Crippen molar-refractivity contribution in [2.75, 3.05) is 4.72 Å². The molecule has 0 bridgehead atoms. The molecule has 3 rings (SSSR count). The fourth-order valence-corrected chi connectivity index (χ4v) is 3.29. The van der Waals surface area contributed by atoms with Crippen LogP contribution in [0.4, 0.5) is 5.69 Å². The molecule has 0 spiro atoms. The first kappa shape index (κ1) is 14.9. The molecule has 2 aromatic carbocycles. The van der Waals surface area contributed by atoms with Gasteiger partial charge in [0.25, 0.3) is 15.9 Å². The number of phenols is 1. The minimum atomic E-state index is -3.92. The number of hydrogen-bond acceptors (Lipinski definition) is 4. The monoisotopic (exact) mass is 331 g/mol. The highest BCUT2D eigenvalue weighted by Crippen LogP contribution is 2.24. The molecule has 0 radical (unpaired) electrons. The average Bonchev–Trinajstić information content (AvgIpc) is 2.94. The highest BCUT2D eigenvalue weighted by molar-refractivity contribution is 7.92. The van der Waals surface area contributed by atoms with E-state index in [1.54, 1.807) is 24.4 Å². The predicted octanol–water partition coefficient (Wildman–Crippen LogP) is 1.77. The van der Waals surface area contributed by atoms with Gasteiger partial charge >= 0.3 is 0 Å². The fourth-order valence-electron chi connectivity index (χ4n) is 2.21. The van der Waals surface area contributed by atoms with Gasteiger partial charge in [-0.3, -0.25) is 9.52 Å². The molecule has 3 aromatic rings. The van der Waals surface area contributed by atoms with Crippen molar-refractivity contribution < 1.29 is 18.3 Å².